The van der Waals surface area contributed by atoms with Crippen molar-refractivity contribution in [3.8, 4) is 5.69 Å². The Hall–Kier alpha value is -3.18. The Bertz CT molecular complexity index is 1020. The van der Waals surface area contributed by atoms with Gasteiger partial charge in [0.2, 0.25) is 0 Å². The second-order valence-electron chi connectivity index (χ2n) is 6.48. The summed E-state index contributed by atoms with van der Waals surface area (Å²) in [4.78, 5) is 18.9. The van der Waals surface area contributed by atoms with Crippen molar-refractivity contribution >= 4 is 35.6 Å². The van der Waals surface area contributed by atoms with E-state index in [0.717, 1.165) is 16.9 Å². The van der Waals surface area contributed by atoms with Crippen molar-refractivity contribution in [2.45, 2.75) is 6.92 Å². The molecule has 0 aliphatic heterocycles. The minimum absolute atomic E-state index is 0.105. The van der Waals surface area contributed by atoms with Crippen molar-refractivity contribution < 1.29 is 4.79 Å². The molecule has 0 radical (unpaired) electrons. The van der Waals surface area contributed by atoms with Gasteiger partial charge >= 0.3 is 0 Å². The number of carbonyl (C=O) groups is 1. The van der Waals surface area contributed by atoms with E-state index in [-0.39, 0.29) is 5.78 Å². The molecule has 0 saturated carbocycles. The largest absolute Gasteiger partial charge is 0.369 e. The maximum Gasteiger partial charge on any atom is 0.185 e. The van der Waals surface area contributed by atoms with Gasteiger partial charge in [-0.3, -0.25) is 4.79 Å². The molecule has 0 aliphatic carbocycles. The van der Waals surface area contributed by atoms with Crippen molar-refractivity contribution in [3.05, 3.63) is 82.5 Å². The highest BCUT2D eigenvalue weighted by molar-refractivity contribution is 6.30. The maximum absolute atomic E-state index is 12.5. The van der Waals surface area contributed by atoms with E-state index in [4.69, 9.17) is 11.6 Å². The molecule has 3 rings (SSSR count). The number of nitrogens with zero attached hydrogens (tertiary/aromatic N) is 4. The van der Waals surface area contributed by atoms with Gasteiger partial charge in [-0.1, -0.05) is 29.8 Å². The van der Waals surface area contributed by atoms with Gasteiger partial charge in [0.1, 0.15) is 0 Å². The summed E-state index contributed by atoms with van der Waals surface area (Å²) < 4.78 is 1.78. The lowest BCUT2D eigenvalue weighted by molar-refractivity contribution is 0.104. The fourth-order valence-corrected chi connectivity index (χ4v) is 2.76. The third-order valence-corrected chi connectivity index (χ3v) is 4.28. The molecule has 0 spiro atoms. The Balaban J connectivity index is 2.01. The minimum atomic E-state index is -0.105. The van der Waals surface area contributed by atoms with Crippen LogP contribution in [0.15, 0.2) is 65.7 Å². The number of halogens is 1. The normalized spacial score (nSPS) is 11.4. The van der Waals surface area contributed by atoms with Crippen LogP contribution in [0.5, 0.6) is 0 Å². The van der Waals surface area contributed by atoms with Crippen molar-refractivity contribution in [3.63, 3.8) is 0 Å². The van der Waals surface area contributed by atoms with Crippen LogP contribution in [0.3, 0.4) is 0 Å². The molecular weight excluding hydrogens is 372 g/mol. The monoisotopic (exact) mass is 392 g/mol. The molecule has 2 aromatic carbocycles. The first-order valence-corrected chi connectivity index (χ1v) is 9.17. The standard InChI is InChI=1S/C22H21ClN4O/c1-16-20(13-14-21(28)17-9-11-18(23)12-10-17)22(24-15-26(2)3)27(25-16)19-7-5-4-6-8-19/h4-15H,1-3H3. The summed E-state index contributed by atoms with van der Waals surface area (Å²) >= 11 is 5.89. The molecule has 0 amide bonds. The predicted octanol–water partition coefficient (Wildman–Crippen LogP) is 4.95. The molecule has 6 heteroatoms. The number of aliphatic imine (C=N–C) groups is 1. The molecule has 3 aromatic rings. The Labute approximate surface area is 169 Å². The van der Waals surface area contributed by atoms with Crippen molar-refractivity contribution in [1.29, 1.82) is 0 Å². The molecule has 5 nitrogen and oxygen atoms in total. The van der Waals surface area contributed by atoms with E-state index < -0.39 is 0 Å². The third kappa shape index (κ3) is 4.56. The molecule has 0 fully saturated rings. The highest BCUT2D eigenvalue weighted by Crippen LogP contribution is 2.27. The highest BCUT2D eigenvalue weighted by Gasteiger charge is 2.14. The topological polar surface area (TPSA) is 50.5 Å². The second-order valence-corrected chi connectivity index (χ2v) is 6.92. The lowest BCUT2D eigenvalue weighted by Gasteiger charge is -2.06. The summed E-state index contributed by atoms with van der Waals surface area (Å²) in [5, 5.41) is 5.22. The van der Waals surface area contributed by atoms with Crippen LogP contribution < -0.4 is 0 Å². The molecule has 28 heavy (non-hydrogen) atoms. The van der Waals surface area contributed by atoms with Crippen molar-refractivity contribution in [1.82, 2.24) is 14.7 Å². The number of carbonyl (C=O) groups excluding carboxylic acids is 1. The van der Waals surface area contributed by atoms with Gasteiger partial charge in [-0.05, 0) is 55.5 Å². The van der Waals surface area contributed by atoms with E-state index >= 15 is 0 Å². The van der Waals surface area contributed by atoms with Crippen LogP contribution in [-0.2, 0) is 0 Å². The van der Waals surface area contributed by atoms with E-state index in [9.17, 15) is 4.79 Å². The first-order valence-electron chi connectivity index (χ1n) is 8.79. The average Bonchev–Trinajstić information content (AvgIpc) is 3.01. The van der Waals surface area contributed by atoms with E-state index in [1.54, 1.807) is 41.4 Å². The summed E-state index contributed by atoms with van der Waals surface area (Å²) in [5.74, 6) is 0.559. The van der Waals surface area contributed by atoms with Gasteiger partial charge in [-0.25, -0.2) is 9.67 Å². The van der Waals surface area contributed by atoms with Crippen LogP contribution in [0.1, 0.15) is 21.6 Å². The Kier molecular flexibility index (Phi) is 6.06. The number of para-hydroxylation sites is 1. The molecule has 0 saturated heterocycles. The summed E-state index contributed by atoms with van der Waals surface area (Å²) in [7, 11) is 3.80. The molecule has 0 aliphatic rings. The van der Waals surface area contributed by atoms with Crippen LogP contribution in [0, 0.1) is 6.92 Å². The average molecular weight is 393 g/mol. The summed E-state index contributed by atoms with van der Waals surface area (Å²) in [6.45, 7) is 1.90. The SMILES string of the molecule is Cc1nn(-c2ccccc2)c(N=CN(C)C)c1C=CC(=O)c1ccc(Cl)cc1. The summed E-state index contributed by atoms with van der Waals surface area (Å²) in [6, 6.07) is 16.6. The van der Waals surface area contributed by atoms with E-state index in [1.807, 2.05) is 56.3 Å². The molecule has 0 atom stereocenters. The third-order valence-electron chi connectivity index (χ3n) is 4.02. The van der Waals surface area contributed by atoms with Crippen LogP contribution in [0.25, 0.3) is 11.8 Å². The number of benzene rings is 2. The second kappa shape index (κ2) is 8.67. The molecule has 142 valence electrons. The molecule has 0 bridgehead atoms. The molecular formula is C22H21ClN4O. The number of rotatable bonds is 6. The zero-order chi connectivity index (χ0) is 20.1. The summed E-state index contributed by atoms with van der Waals surface area (Å²) in [5.41, 5.74) is 3.06. The van der Waals surface area contributed by atoms with Gasteiger partial charge in [-0.2, -0.15) is 5.10 Å². The quantitative estimate of drug-likeness (QED) is 0.258. The molecule has 0 N–H and O–H groups in total. The van der Waals surface area contributed by atoms with E-state index in [1.165, 1.54) is 6.08 Å². The maximum atomic E-state index is 12.5. The van der Waals surface area contributed by atoms with Gasteiger partial charge < -0.3 is 4.90 Å². The van der Waals surface area contributed by atoms with Gasteiger partial charge in [0.15, 0.2) is 11.6 Å². The van der Waals surface area contributed by atoms with E-state index in [2.05, 4.69) is 10.1 Å². The Morgan fingerprint density at radius 3 is 2.43 bits per heavy atom. The van der Waals surface area contributed by atoms with Gasteiger partial charge in [-0.15, -0.1) is 0 Å². The van der Waals surface area contributed by atoms with E-state index in [0.29, 0.717) is 16.4 Å². The zero-order valence-corrected chi connectivity index (χ0v) is 16.8. The number of hydrogen-bond donors (Lipinski definition) is 0. The van der Waals surface area contributed by atoms with Crippen molar-refractivity contribution in [2.24, 2.45) is 4.99 Å². The number of hydrogen-bond acceptors (Lipinski definition) is 3. The first-order chi connectivity index (χ1) is 13.5. The molecule has 0 unspecified atom stereocenters. The minimum Gasteiger partial charge on any atom is -0.369 e. The number of allylic oxidation sites excluding steroid dienone is 1. The lowest BCUT2D eigenvalue weighted by atomic mass is 10.1. The van der Waals surface area contributed by atoms with Crippen LogP contribution in [-0.4, -0.2) is 40.9 Å². The number of aromatic nitrogens is 2. The smallest absolute Gasteiger partial charge is 0.185 e. The molecule has 1 heterocycles. The number of aryl methyl sites for hydroxylation is 1. The Morgan fingerprint density at radius 1 is 1.11 bits per heavy atom. The van der Waals surface area contributed by atoms with Crippen LogP contribution in [0.4, 0.5) is 5.82 Å². The first kappa shape index (κ1) is 19.6. The fraction of sp³-hybridized carbons (Fsp3) is 0.136. The number of ketones is 1. The zero-order valence-electron chi connectivity index (χ0n) is 16.0. The fourth-order valence-electron chi connectivity index (χ4n) is 2.64. The molecule has 1 aromatic heterocycles. The van der Waals surface area contributed by atoms with Gasteiger partial charge in [0.05, 0.1) is 17.7 Å². The van der Waals surface area contributed by atoms with Gasteiger partial charge in [0, 0.05) is 30.2 Å². The summed E-state index contributed by atoms with van der Waals surface area (Å²) in [6.07, 6.45) is 5.02. The lowest BCUT2D eigenvalue weighted by Crippen LogP contribution is -2.07. The van der Waals surface area contributed by atoms with Crippen LogP contribution in [0.2, 0.25) is 5.02 Å². The van der Waals surface area contributed by atoms with Gasteiger partial charge in [0.25, 0.3) is 0 Å². The Morgan fingerprint density at radius 2 is 1.79 bits per heavy atom. The van der Waals surface area contributed by atoms with Crippen molar-refractivity contribution in [2.75, 3.05) is 14.1 Å². The predicted molar refractivity (Wildman–Crippen MR) is 115 cm³/mol. The highest BCUT2D eigenvalue weighted by atomic mass is 35.5. The van der Waals surface area contributed by atoms with Crippen LogP contribution >= 0.6 is 11.6 Å².